The number of aromatic nitrogens is 2. The van der Waals surface area contributed by atoms with Crippen molar-refractivity contribution in [1.82, 2.24) is 10.2 Å². The topological polar surface area (TPSA) is 101 Å². The fraction of sp³-hybridized carbons (Fsp3) is 0.400. The van der Waals surface area contributed by atoms with Gasteiger partial charge in [-0.05, 0) is 24.8 Å². The number of carbonyl (C=O) groups is 1. The van der Waals surface area contributed by atoms with E-state index in [4.69, 9.17) is 4.74 Å². The Hall–Kier alpha value is -1.85. The summed E-state index contributed by atoms with van der Waals surface area (Å²) in [6.07, 6.45) is 1.05. The van der Waals surface area contributed by atoms with Gasteiger partial charge in [0.1, 0.15) is 11.8 Å². The lowest BCUT2D eigenvalue weighted by atomic mass is 10.2. The van der Waals surface area contributed by atoms with Gasteiger partial charge in [-0.25, -0.2) is 8.42 Å². The van der Waals surface area contributed by atoms with E-state index >= 15 is 0 Å². The number of methoxy groups -OCH3 is 1. The average Bonchev–Trinajstić information content (AvgIpc) is 3.01. The van der Waals surface area contributed by atoms with Crippen molar-refractivity contribution < 1.29 is 17.9 Å². The molecule has 0 radical (unpaired) electrons. The van der Waals surface area contributed by atoms with Crippen LogP contribution in [0.5, 0.6) is 5.75 Å². The average molecular weight is 417 g/mol. The molecule has 8 nitrogen and oxygen atoms in total. The van der Waals surface area contributed by atoms with Crippen molar-refractivity contribution in [1.29, 1.82) is 0 Å². The summed E-state index contributed by atoms with van der Waals surface area (Å²) in [4.78, 5) is 12.6. The second-order valence-corrected chi connectivity index (χ2v) is 9.58. The number of benzene rings is 1. The Kier molecular flexibility index (Phi) is 6.84. The Morgan fingerprint density at radius 1 is 1.42 bits per heavy atom. The van der Waals surface area contributed by atoms with Gasteiger partial charge in [0.25, 0.3) is 0 Å². The van der Waals surface area contributed by atoms with Gasteiger partial charge in [0.15, 0.2) is 4.34 Å². The maximum atomic E-state index is 12.6. The largest absolute Gasteiger partial charge is 0.497 e. The molecular formula is C15H20N4O4S3. The van der Waals surface area contributed by atoms with Gasteiger partial charge in [-0.15, -0.1) is 10.2 Å². The molecule has 0 spiro atoms. The maximum Gasteiger partial charge on any atom is 0.249 e. The zero-order chi connectivity index (χ0) is 19.3. The highest BCUT2D eigenvalue weighted by Crippen LogP contribution is 2.27. The molecule has 0 bridgehead atoms. The van der Waals surface area contributed by atoms with Crippen molar-refractivity contribution >= 4 is 49.8 Å². The quantitative estimate of drug-likeness (QED) is 0.521. The van der Waals surface area contributed by atoms with Crippen LogP contribution in [0.3, 0.4) is 0 Å². The zero-order valence-electron chi connectivity index (χ0n) is 14.8. The molecule has 0 saturated heterocycles. The minimum absolute atomic E-state index is 0.330. The molecular weight excluding hydrogens is 396 g/mol. The first kappa shape index (κ1) is 20.5. The summed E-state index contributed by atoms with van der Waals surface area (Å²) in [6, 6.07) is 5.54. The first-order valence-electron chi connectivity index (χ1n) is 7.67. The maximum absolute atomic E-state index is 12.6. The summed E-state index contributed by atoms with van der Waals surface area (Å²) in [7, 11) is -2.22. The van der Waals surface area contributed by atoms with Crippen LogP contribution in [-0.4, -0.2) is 49.7 Å². The molecule has 1 N–H and O–H groups in total. The van der Waals surface area contributed by atoms with E-state index in [0.717, 1.165) is 20.7 Å². The number of amides is 1. The van der Waals surface area contributed by atoms with Crippen LogP contribution in [0.4, 0.5) is 10.8 Å². The second kappa shape index (κ2) is 8.69. The highest BCUT2D eigenvalue weighted by molar-refractivity contribution is 8.01. The molecule has 26 heavy (non-hydrogen) atoms. The molecule has 0 aliphatic carbocycles. The minimum atomic E-state index is -3.70. The van der Waals surface area contributed by atoms with E-state index in [1.807, 2.05) is 6.92 Å². The molecule has 0 aliphatic heterocycles. The van der Waals surface area contributed by atoms with E-state index in [2.05, 4.69) is 15.5 Å². The lowest BCUT2D eigenvalue weighted by Crippen LogP contribution is -2.45. The summed E-state index contributed by atoms with van der Waals surface area (Å²) in [5.41, 5.74) is 0.342. The molecule has 0 fully saturated rings. The lowest BCUT2D eigenvalue weighted by Gasteiger charge is -2.28. The number of nitrogens with zero attached hydrogens (tertiary/aromatic N) is 3. The van der Waals surface area contributed by atoms with Crippen LogP contribution in [0, 0.1) is 0 Å². The molecule has 2 rings (SSSR count). The second-order valence-electron chi connectivity index (χ2n) is 5.23. The summed E-state index contributed by atoms with van der Waals surface area (Å²) in [5, 5.41) is 10.8. The molecule has 2 aromatic rings. The number of hydrogen-bond donors (Lipinski definition) is 1. The third-order valence-corrected chi connectivity index (χ3v) is 6.40. The molecule has 1 aromatic heterocycles. The van der Waals surface area contributed by atoms with Crippen molar-refractivity contribution in [2.45, 2.75) is 24.2 Å². The number of ether oxygens (including phenoxy) is 1. The van der Waals surface area contributed by atoms with Gasteiger partial charge >= 0.3 is 0 Å². The van der Waals surface area contributed by atoms with Crippen LogP contribution in [0.2, 0.25) is 0 Å². The molecule has 1 atom stereocenters. The van der Waals surface area contributed by atoms with E-state index in [1.165, 1.54) is 37.1 Å². The van der Waals surface area contributed by atoms with Crippen molar-refractivity contribution in [2.75, 3.05) is 28.7 Å². The Morgan fingerprint density at radius 2 is 2.15 bits per heavy atom. The van der Waals surface area contributed by atoms with Crippen LogP contribution in [0.15, 0.2) is 28.6 Å². The molecule has 0 unspecified atom stereocenters. The van der Waals surface area contributed by atoms with Crippen molar-refractivity contribution in [3.05, 3.63) is 24.3 Å². The highest BCUT2D eigenvalue weighted by atomic mass is 32.2. The fourth-order valence-electron chi connectivity index (χ4n) is 2.21. The zero-order valence-corrected chi connectivity index (χ0v) is 17.2. The van der Waals surface area contributed by atoms with Gasteiger partial charge < -0.3 is 4.74 Å². The Morgan fingerprint density at radius 3 is 2.77 bits per heavy atom. The number of rotatable bonds is 8. The predicted octanol–water partition coefficient (Wildman–Crippen LogP) is 2.45. The van der Waals surface area contributed by atoms with Crippen molar-refractivity contribution in [3.63, 3.8) is 0 Å². The lowest BCUT2D eigenvalue weighted by molar-refractivity contribution is -0.116. The first-order valence-corrected chi connectivity index (χ1v) is 11.3. The number of hydrogen-bond acceptors (Lipinski definition) is 8. The molecule has 1 amide bonds. The van der Waals surface area contributed by atoms with Crippen LogP contribution >= 0.6 is 23.1 Å². The van der Waals surface area contributed by atoms with Crippen molar-refractivity contribution in [3.8, 4) is 5.75 Å². The van der Waals surface area contributed by atoms with E-state index in [1.54, 1.807) is 24.3 Å². The van der Waals surface area contributed by atoms with Crippen LogP contribution < -0.4 is 14.4 Å². The number of sulfonamides is 1. The third-order valence-electron chi connectivity index (χ3n) is 3.30. The predicted molar refractivity (Wildman–Crippen MR) is 105 cm³/mol. The Labute approximate surface area is 161 Å². The number of carbonyl (C=O) groups excluding carboxylic acids is 1. The van der Waals surface area contributed by atoms with Gasteiger partial charge in [-0.1, -0.05) is 36.1 Å². The number of nitrogens with one attached hydrogen (secondary N) is 1. The molecule has 1 heterocycles. The number of anilines is 2. The number of thioether (sulfide) groups is 1. The van der Waals surface area contributed by atoms with Gasteiger partial charge in [-0.2, -0.15) is 0 Å². The summed E-state index contributed by atoms with van der Waals surface area (Å²) >= 11 is 2.76. The Bertz CT molecular complexity index is 869. The van der Waals surface area contributed by atoms with E-state index in [9.17, 15) is 13.2 Å². The van der Waals surface area contributed by atoms with E-state index < -0.39 is 22.0 Å². The highest BCUT2D eigenvalue weighted by Gasteiger charge is 2.30. The smallest absolute Gasteiger partial charge is 0.249 e. The fourth-order valence-corrected chi connectivity index (χ4v) is 5.03. The molecule has 142 valence electrons. The first-order chi connectivity index (χ1) is 12.3. The molecule has 0 aliphatic rings. The monoisotopic (exact) mass is 416 g/mol. The summed E-state index contributed by atoms with van der Waals surface area (Å²) in [6.45, 7) is 3.50. The van der Waals surface area contributed by atoms with Crippen molar-refractivity contribution in [2.24, 2.45) is 0 Å². The standard InChI is InChI=1S/C15H20N4O4S3/c1-5-24-15-18-17-14(25-15)16-13(20)10(2)19(26(4,21)22)11-7-6-8-12(9-11)23-3/h6-10H,5H2,1-4H3,(H,16,17,20)/t10-/m1/s1. The van der Waals surface area contributed by atoms with Crippen LogP contribution in [0.25, 0.3) is 0 Å². The summed E-state index contributed by atoms with van der Waals surface area (Å²) < 4.78 is 31.5. The van der Waals surface area contributed by atoms with Crippen LogP contribution in [0.1, 0.15) is 13.8 Å². The Balaban J connectivity index is 2.25. The minimum Gasteiger partial charge on any atom is -0.497 e. The molecule has 0 saturated carbocycles. The third kappa shape index (κ3) is 5.08. The molecule has 1 aromatic carbocycles. The van der Waals surface area contributed by atoms with Gasteiger partial charge in [-0.3, -0.25) is 14.4 Å². The van der Waals surface area contributed by atoms with Gasteiger partial charge in [0, 0.05) is 6.07 Å². The van der Waals surface area contributed by atoms with Gasteiger partial charge in [0.2, 0.25) is 21.1 Å². The van der Waals surface area contributed by atoms with E-state index in [-0.39, 0.29) is 0 Å². The van der Waals surface area contributed by atoms with Crippen LogP contribution in [-0.2, 0) is 14.8 Å². The SMILES string of the molecule is CCSc1nnc(NC(=O)[C@@H](C)N(c2cccc(OC)c2)S(C)(=O)=O)s1. The van der Waals surface area contributed by atoms with E-state index in [0.29, 0.717) is 16.6 Å². The molecule has 11 heteroatoms. The normalized spacial score (nSPS) is 12.5. The van der Waals surface area contributed by atoms with Gasteiger partial charge in [0.05, 0.1) is 19.1 Å². The summed E-state index contributed by atoms with van der Waals surface area (Å²) in [5.74, 6) is 0.841.